The molecule has 0 amide bonds. The predicted molar refractivity (Wildman–Crippen MR) is 115 cm³/mol. The Hall–Kier alpha value is -2.49. The van der Waals surface area contributed by atoms with Gasteiger partial charge in [-0.1, -0.05) is 47.5 Å². The third kappa shape index (κ3) is 3.60. The maximum Gasteiger partial charge on any atom is 0.338 e. The Bertz CT molecular complexity index is 1050. The standard InChI is InChI=1S/C23H19Cl2NO2/c1-2-28-23(27)18-5-3-4-16(12-18)17-7-6-15-10-11-26(21(15)13-17)22-14-19(24)8-9-20(22)25/h3-9,12-14H,2,10-11H2,1H3. The zero-order chi connectivity index (χ0) is 19.7. The van der Waals surface area contributed by atoms with Crippen molar-refractivity contribution in [2.24, 2.45) is 0 Å². The van der Waals surface area contributed by atoms with Crippen molar-refractivity contribution in [3.8, 4) is 11.1 Å². The fourth-order valence-corrected chi connectivity index (χ4v) is 3.93. The molecule has 1 heterocycles. The highest BCUT2D eigenvalue weighted by atomic mass is 35.5. The Morgan fingerprint density at radius 2 is 1.82 bits per heavy atom. The molecular weight excluding hydrogens is 393 g/mol. The fraction of sp³-hybridized carbons (Fsp3) is 0.174. The van der Waals surface area contributed by atoms with Crippen LogP contribution in [0, 0.1) is 0 Å². The molecule has 142 valence electrons. The fourth-order valence-electron chi connectivity index (χ4n) is 3.54. The highest BCUT2D eigenvalue weighted by Gasteiger charge is 2.23. The second kappa shape index (κ2) is 7.86. The van der Waals surface area contributed by atoms with E-state index in [2.05, 4.69) is 23.1 Å². The second-order valence-corrected chi connectivity index (χ2v) is 7.49. The summed E-state index contributed by atoms with van der Waals surface area (Å²) in [6.45, 7) is 3.01. The lowest BCUT2D eigenvalue weighted by Gasteiger charge is -2.22. The van der Waals surface area contributed by atoms with E-state index in [1.54, 1.807) is 19.1 Å². The van der Waals surface area contributed by atoms with Crippen molar-refractivity contribution in [1.82, 2.24) is 0 Å². The number of nitrogens with zero attached hydrogens (tertiary/aromatic N) is 1. The Balaban J connectivity index is 1.73. The van der Waals surface area contributed by atoms with E-state index in [-0.39, 0.29) is 5.97 Å². The van der Waals surface area contributed by atoms with Gasteiger partial charge in [0.1, 0.15) is 0 Å². The topological polar surface area (TPSA) is 29.5 Å². The van der Waals surface area contributed by atoms with Gasteiger partial charge in [-0.3, -0.25) is 0 Å². The van der Waals surface area contributed by atoms with Crippen LogP contribution in [-0.2, 0) is 11.2 Å². The number of benzene rings is 3. The van der Waals surface area contributed by atoms with Gasteiger partial charge < -0.3 is 9.64 Å². The number of carbonyl (C=O) groups is 1. The summed E-state index contributed by atoms with van der Waals surface area (Å²) in [5.41, 5.74) is 5.84. The van der Waals surface area contributed by atoms with Crippen molar-refractivity contribution in [2.75, 3.05) is 18.1 Å². The Morgan fingerprint density at radius 1 is 1.00 bits per heavy atom. The number of hydrogen-bond acceptors (Lipinski definition) is 3. The summed E-state index contributed by atoms with van der Waals surface area (Å²) in [7, 11) is 0. The summed E-state index contributed by atoms with van der Waals surface area (Å²) in [5, 5.41) is 1.33. The van der Waals surface area contributed by atoms with E-state index in [0.717, 1.165) is 35.5 Å². The maximum atomic E-state index is 12.1. The number of fused-ring (bicyclic) bond motifs is 1. The van der Waals surface area contributed by atoms with Crippen LogP contribution in [-0.4, -0.2) is 19.1 Å². The van der Waals surface area contributed by atoms with E-state index in [1.165, 1.54) is 5.56 Å². The summed E-state index contributed by atoms with van der Waals surface area (Å²) >= 11 is 12.6. The van der Waals surface area contributed by atoms with Crippen LogP contribution in [0.2, 0.25) is 10.0 Å². The van der Waals surface area contributed by atoms with Crippen LogP contribution in [0.5, 0.6) is 0 Å². The van der Waals surface area contributed by atoms with Crippen molar-refractivity contribution < 1.29 is 9.53 Å². The van der Waals surface area contributed by atoms with Gasteiger partial charge in [0.05, 0.1) is 22.9 Å². The van der Waals surface area contributed by atoms with Crippen molar-refractivity contribution in [2.45, 2.75) is 13.3 Å². The van der Waals surface area contributed by atoms with E-state index in [9.17, 15) is 4.79 Å². The van der Waals surface area contributed by atoms with Crippen LogP contribution in [0.4, 0.5) is 11.4 Å². The van der Waals surface area contributed by atoms with Crippen LogP contribution in [0.1, 0.15) is 22.8 Å². The summed E-state index contributed by atoms with van der Waals surface area (Å²) < 4.78 is 5.12. The Morgan fingerprint density at radius 3 is 2.64 bits per heavy atom. The molecule has 0 radical (unpaired) electrons. The first-order valence-corrected chi connectivity index (χ1v) is 9.95. The smallest absolute Gasteiger partial charge is 0.338 e. The van der Waals surface area contributed by atoms with Crippen molar-refractivity contribution in [3.63, 3.8) is 0 Å². The molecule has 3 nitrogen and oxygen atoms in total. The molecule has 0 unspecified atom stereocenters. The molecule has 0 atom stereocenters. The van der Waals surface area contributed by atoms with E-state index in [0.29, 0.717) is 22.2 Å². The lowest BCUT2D eigenvalue weighted by atomic mass is 10.0. The third-order valence-corrected chi connectivity index (χ3v) is 5.44. The molecular formula is C23H19Cl2NO2. The minimum Gasteiger partial charge on any atom is -0.462 e. The number of carbonyl (C=O) groups excluding carboxylic acids is 1. The van der Waals surface area contributed by atoms with Crippen LogP contribution < -0.4 is 4.90 Å². The highest BCUT2D eigenvalue weighted by molar-refractivity contribution is 6.35. The molecule has 3 aromatic rings. The average Bonchev–Trinajstić information content (AvgIpc) is 3.13. The van der Waals surface area contributed by atoms with Gasteiger partial charge in [-0.25, -0.2) is 4.79 Å². The van der Waals surface area contributed by atoms with E-state index < -0.39 is 0 Å². The second-order valence-electron chi connectivity index (χ2n) is 6.64. The van der Waals surface area contributed by atoms with Gasteiger partial charge in [0.15, 0.2) is 0 Å². The molecule has 28 heavy (non-hydrogen) atoms. The van der Waals surface area contributed by atoms with Gasteiger partial charge in [0, 0.05) is 17.3 Å². The van der Waals surface area contributed by atoms with Gasteiger partial charge in [-0.2, -0.15) is 0 Å². The summed E-state index contributed by atoms with van der Waals surface area (Å²) in [5.74, 6) is -0.308. The summed E-state index contributed by atoms with van der Waals surface area (Å²) in [6, 6.07) is 19.4. The van der Waals surface area contributed by atoms with Crippen LogP contribution in [0.25, 0.3) is 11.1 Å². The monoisotopic (exact) mass is 411 g/mol. The quantitative estimate of drug-likeness (QED) is 0.456. The number of hydrogen-bond donors (Lipinski definition) is 0. The summed E-state index contributed by atoms with van der Waals surface area (Å²) in [6.07, 6.45) is 0.946. The van der Waals surface area contributed by atoms with Gasteiger partial charge in [-0.15, -0.1) is 0 Å². The molecule has 0 aromatic heterocycles. The first kappa shape index (κ1) is 18.9. The predicted octanol–water partition coefficient (Wildman–Crippen LogP) is 6.53. The molecule has 0 bridgehead atoms. The van der Waals surface area contributed by atoms with Gasteiger partial charge in [0.2, 0.25) is 0 Å². The van der Waals surface area contributed by atoms with E-state index in [4.69, 9.17) is 27.9 Å². The molecule has 1 aliphatic rings. The molecule has 0 saturated carbocycles. The van der Waals surface area contributed by atoms with Crippen LogP contribution in [0.15, 0.2) is 60.7 Å². The van der Waals surface area contributed by atoms with Gasteiger partial charge >= 0.3 is 5.97 Å². The normalized spacial score (nSPS) is 12.8. The molecule has 0 fully saturated rings. The highest BCUT2D eigenvalue weighted by Crippen LogP contribution is 2.41. The number of anilines is 2. The number of ether oxygens (including phenoxy) is 1. The minimum absolute atomic E-state index is 0.308. The van der Waals surface area contributed by atoms with Crippen LogP contribution in [0.3, 0.4) is 0 Å². The van der Waals surface area contributed by atoms with Crippen molar-refractivity contribution in [3.05, 3.63) is 81.8 Å². The molecule has 1 aliphatic heterocycles. The third-order valence-electron chi connectivity index (χ3n) is 4.89. The van der Waals surface area contributed by atoms with Crippen LogP contribution >= 0.6 is 23.2 Å². The van der Waals surface area contributed by atoms with Gasteiger partial charge in [-0.05, 0) is 66.4 Å². The first-order valence-electron chi connectivity index (χ1n) is 9.20. The largest absolute Gasteiger partial charge is 0.462 e. The molecule has 3 aromatic carbocycles. The zero-order valence-corrected chi connectivity index (χ0v) is 16.9. The summed E-state index contributed by atoms with van der Waals surface area (Å²) in [4.78, 5) is 14.3. The lowest BCUT2D eigenvalue weighted by molar-refractivity contribution is 0.0526. The van der Waals surface area contributed by atoms with E-state index in [1.807, 2.05) is 30.3 Å². The SMILES string of the molecule is CCOC(=O)c1cccc(-c2ccc3c(c2)N(c2cc(Cl)ccc2Cl)CC3)c1. The van der Waals surface area contributed by atoms with E-state index >= 15 is 0 Å². The molecule has 0 aliphatic carbocycles. The Kier molecular flexibility index (Phi) is 5.29. The number of esters is 1. The minimum atomic E-state index is -0.308. The Labute approximate surface area is 174 Å². The molecule has 4 rings (SSSR count). The molecule has 0 N–H and O–H groups in total. The molecule has 5 heteroatoms. The number of halogens is 2. The lowest BCUT2D eigenvalue weighted by Crippen LogP contribution is -2.13. The zero-order valence-electron chi connectivity index (χ0n) is 15.4. The molecule has 0 saturated heterocycles. The average molecular weight is 412 g/mol. The van der Waals surface area contributed by atoms with Gasteiger partial charge in [0.25, 0.3) is 0 Å². The molecule has 0 spiro atoms. The number of rotatable bonds is 4. The van der Waals surface area contributed by atoms with Crippen molar-refractivity contribution >= 4 is 40.5 Å². The first-order chi connectivity index (χ1) is 13.6. The van der Waals surface area contributed by atoms with Crippen molar-refractivity contribution in [1.29, 1.82) is 0 Å². The maximum absolute atomic E-state index is 12.1.